The SMILES string of the molecule is O=C(NCc1ccn[nH]1)NC1CCN(Cc2ccccn2)CC1. The van der Waals surface area contributed by atoms with Gasteiger partial charge in [0.25, 0.3) is 0 Å². The zero-order valence-electron chi connectivity index (χ0n) is 13.0. The second kappa shape index (κ2) is 7.73. The molecule has 0 atom stereocenters. The molecule has 122 valence electrons. The van der Waals surface area contributed by atoms with Crippen LogP contribution < -0.4 is 10.6 Å². The van der Waals surface area contributed by atoms with Gasteiger partial charge in [0.1, 0.15) is 0 Å². The lowest BCUT2D eigenvalue weighted by Crippen LogP contribution is -2.47. The summed E-state index contributed by atoms with van der Waals surface area (Å²) in [4.78, 5) is 18.6. The quantitative estimate of drug-likeness (QED) is 0.776. The van der Waals surface area contributed by atoms with E-state index in [0.29, 0.717) is 6.54 Å². The van der Waals surface area contributed by atoms with Crippen LogP contribution in [-0.4, -0.2) is 45.2 Å². The predicted molar refractivity (Wildman–Crippen MR) is 86.5 cm³/mol. The number of nitrogens with zero attached hydrogens (tertiary/aromatic N) is 3. The second-order valence-electron chi connectivity index (χ2n) is 5.78. The first kappa shape index (κ1) is 15.5. The molecule has 1 aliphatic rings. The summed E-state index contributed by atoms with van der Waals surface area (Å²) in [6, 6.07) is 7.95. The van der Waals surface area contributed by atoms with Crippen molar-refractivity contribution in [3.63, 3.8) is 0 Å². The maximum absolute atomic E-state index is 11.9. The minimum Gasteiger partial charge on any atom is -0.335 e. The van der Waals surface area contributed by atoms with Crippen LogP contribution in [0.2, 0.25) is 0 Å². The molecule has 1 fully saturated rings. The van der Waals surface area contributed by atoms with Crippen LogP contribution in [0.25, 0.3) is 0 Å². The van der Waals surface area contributed by atoms with E-state index in [0.717, 1.165) is 43.9 Å². The summed E-state index contributed by atoms with van der Waals surface area (Å²) in [5, 5.41) is 12.5. The number of H-pyrrole nitrogens is 1. The highest BCUT2D eigenvalue weighted by Gasteiger charge is 2.20. The van der Waals surface area contributed by atoms with Gasteiger partial charge in [-0.25, -0.2) is 4.79 Å². The Morgan fingerprint density at radius 3 is 2.83 bits per heavy atom. The third-order valence-corrected chi connectivity index (χ3v) is 4.03. The Morgan fingerprint density at radius 2 is 2.13 bits per heavy atom. The number of aromatic amines is 1. The van der Waals surface area contributed by atoms with Crippen molar-refractivity contribution in [3.05, 3.63) is 48.0 Å². The fraction of sp³-hybridized carbons (Fsp3) is 0.438. The molecule has 7 nitrogen and oxygen atoms in total. The number of carbonyl (C=O) groups is 1. The van der Waals surface area contributed by atoms with Crippen molar-refractivity contribution in [2.24, 2.45) is 0 Å². The molecular formula is C16H22N6O. The molecule has 1 saturated heterocycles. The number of amides is 2. The average Bonchev–Trinajstić information content (AvgIpc) is 3.09. The van der Waals surface area contributed by atoms with Crippen molar-refractivity contribution in [2.75, 3.05) is 13.1 Å². The molecule has 0 radical (unpaired) electrons. The minimum atomic E-state index is -0.122. The van der Waals surface area contributed by atoms with E-state index in [4.69, 9.17) is 0 Å². The number of piperidine rings is 1. The number of carbonyl (C=O) groups excluding carboxylic acids is 1. The molecule has 7 heteroatoms. The molecule has 2 amide bonds. The molecule has 3 N–H and O–H groups in total. The van der Waals surface area contributed by atoms with Crippen molar-refractivity contribution < 1.29 is 4.79 Å². The molecule has 3 heterocycles. The number of aromatic nitrogens is 3. The fourth-order valence-electron chi connectivity index (χ4n) is 2.75. The van der Waals surface area contributed by atoms with E-state index in [1.54, 1.807) is 6.20 Å². The molecule has 0 unspecified atom stereocenters. The van der Waals surface area contributed by atoms with E-state index in [-0.39, 0.29) is 12.1 Å². The van der Waals surface area contributed by atoms with Crippen molar-refractivity contribution in [1.82, 2.24) is 30.7 Å². The topological polar surface area (TPSA) is 85.9 Å². The van der Waals surface area contributed by atoms with E-state index in [1.807, 2.05) is 30.5 Å². The van der Waals surface area contributed by atoms with Gasteiger partial charge in [-0.2, -0.15) is 5.10 Å². The largest absolute Gasteiger partial charge is 0.335 e. The highest BCUT2D eigenvalue weighted by atomic mass is 16.2. The molecule has 2 aromatic heterocycles. The van der Waals surface area contributed by atoms with Crippen molar-refractivity contribution in [3.8, 4) is 0 Å². The van der Waals surface area contributed by atoms with Gasteiger partial charge in [-0.1, -0.05) is 6.07 Å². The monoisotopic (exact) mass is 314 g/mol. The Hall–Kier alpha value is -2.41. The summed E-state index contributed by atoms with van der Waals surface area (Å²) in [6.07, 6.45) is 5.43. The lowest BCUT2D eigenvalue weighted by atomic mass is 10.1. The maximum Gasteiger partial charge on any atom is 0.315 e. The smallest absolute Gasteiger partial charge is 0.315 e. The number of nitrogens with one attached hydrogen (secondary N) is 3. The lowest BCUT2D eigenvalue weighted by molar-refractivity contribution is 0.185. The van der Waals surface area contributed by atoms with Crippen molar-refractivity contribution >= 4 is 6.03 Å². The average molecular weight is 314 g/mol. The Morgan fingerprint density at radius 1 is 1.26 bits per heavy atom. The number of rotatable bonds is 5. The van der Waals surface area contributed by atoms with Crippen LogP contribution in [0.1, 0.15) is 24.2 Å². The highest BCUT2D eigenvalue weighted by Crippen LogP contribution is 2.12. The first-order valence-corrected chi connectivity index (χ1v) is 7.94. The Bertz CT molecular complexity index is 592. The predicted octanol–water partition coefficient (Wildman–Crippen LogP) is 1.27. The van der Waals surface area contributed by atoms with Gasteiger partial charge in [0.15, 0.2) is 0 Å². The van der Waals surface area contributed by atoms with Gasteiger partial charge in [-0.05, 0) is 31.0 Å². The van der Waals surface area contributed by atoms with Crippen LogP contribution >= 0.6 is 0 Å². The van der Waals surface area contributed by atoms with Gasteiger partial charge in [-0.3, -0.25) is 15.0 Å². The third-order valence-electron chi connectivity index (χ3n) is 4.03. The summed E-state index contributed by atoms with van der Waals surface area (Å²) < 4.78 is 0. The van der Waals surface area contributed by atoms with E-state index in [1.165, 1.54) is 0 Å². The fourth-order valence-corrected chi connectivity index (χ4v) is 2.75. The summed E-state index contributed by atoms with van der Waals surface area (Å²) >= 11 is 0. The maximum atomic E-state index is 11.9. The molecule has 0 saturated carbocycles. The minimum absolute atomic E-state index is 0.122. The molecular weight excluding hydrogens is 292 g/mol. The van der Waals surface area contributed by atoms with E-state index >= 15 is 0 Å². The molecule has 2 aromatic rings. The van der Waals surface area contributed by atoms with Crippen molar-refractivity contribution in [1.29, 1.82) is 0 Å². The van der Waals surface area contributed by atoms with E-state index in [9.17, 15) is 4.79 Å². The summed E-state index contributed by atoms with van der Waals surface area (Å²) in [7, 11) is 0. The van der Waals surface area contributed by atoms with Crippen molar-refractivity contribution in [2.45, 2.75) is 32.0 Å². The van der Waals surface area contributed by atoms with Crippen LogP contribution in [0.4, 0.5) is 4.79 Å². The number of likely N-dealkylation sites (tertiary alicyclic amines) is 1. The molecule has 0 spiro atoms. The van der Waals surface area contributed by atoms with Crippen LogP contribution in [0.3, 0.4) is 0 Å². The molecule has 0 aromatic carbocycles. The Labute approximate surface area is 135 Å². The normalized spacial score (nSPS) is 16.2. The third kappa shape index (κ3) is 4.79. The Kier molecular flexibility index (Phi) is 5.21. The summed E-state index contributed by atoms with van der Waals surface area (Å²) in [5.74, 6) is 0. The van der Waals surface area contributed by atoms with Gasteiger partial charge < -0.3 is 10.6 Å². The number of pyridine rings is 1. The lowest BCUT2D eigenvalue weighted by Gasteiger charge is -2.32. The van der Waals surface area contributed by atoms with Crippen LogP contribution in [0.15, 0.2) is 36.7 Å². The van der Waals surface area contributed by atoms with Crippen LogP contribution in [-0.2, 0) is 13.1 Å². The number of urea groups is 1. The number of hydrogen-bond donors (Lipinski definition) is 3. The standard InChI is InChI=1S/C16H22N6O/c23-16(18-11-14-4-8-19-21-14)20-13-5-9-22(10-6-13)12-15-3-1-2-7-17-15/h1-4,7-8,13H,5-6,9-12H2,(H,19,21)(H2,18,20,23). The number of hydrogen-bond acceptors (Lipinski definition) is 4. The molecule has 0 aliphatic carbocycles. The van der Waals surface area contributed by atoms with Gasteiger partial charge in [0.05, 0.1) is 17.9 Å². The first-order valence-electron chi connectivity index (χ1n) is 7.94. The van der Waals surface area contributed by atoms with E-state index in [2.05, 4.69) is 30.7 Å². The highest BCUT2D eigenvalue weighted by molar-refractivity contribution is 5.74. The van der Waals surface area contributed by atoms with Gasteiger partial charge in [0.2, 0.25) is 0 Å². The zero-order valence-corrected chi connectivity index (χ0v) is 13.0. The van der Waals surface area contributed by atoms with E-state index < -0.39 is 0 Å². The first-order chi connectivity index (χ1) is 11.3. The van der Waals surface area contributed by atoms with Gasteiger partial charge >= 0.3 is 6.03 Å². The Balaban J connectivity index is 1.36. The zero-order chi connectivity index (χ0) is 15.9. The summed E-state index contributed by atoms with van der Waals surface area (Å²) in [5.41, 5.74) is 1.99. The van der Waals surface area contributed by atoms with Gasteiger partial charge in [-0.15, -0.1) is 0 Å². The van der Waals surface area contributed by atoms with Crippen LogP contribution in [0.5, 0.6) is 0 Å². The van der Waals surface area contributed by atoms with Crippen LogP contribution in [0, 0.1) is 0 Å². The molecule has 3 rings (SSSR count). The molecule has 23 heavy (non-hydrogen) atoms. The summed E-state index contributed by atoms with van der Waals surface area (Å²) in [6.45, 7) is 3.29. The van der Waals surface area contributed by atoms with Gasteiger partial charge in [0, 0.05) is 38.1 Å². The second-order valence-corrected chi connectivity index (χ2v) is 5.78. The molecule has 1 aliphatic heterocycles. The molecule has 0 bridgehead atoms.